The standard InChI is InChI=1S/C44H64O8Si/c1-10-12-14-15-16-18-19-32-27-36-40-39(35(32)28-38(37(46)20-17-13-11-2)52-53(8,9)43(3,4)5)34(41(47)49-7)25-26-44(36,29-45)30-50-42(51-40)31-21-23-33(48-6)24-22-31/h10-13,21-25,27,29,32,35,38-40,42H,14-20,26,28,30H2,1-9H3/b12-10+,13-11+/t32-,35+,38-,39-,40+,42?,44-/m1/s1. The van der Waals surface area contributed by atoms with E-state index < -0.39 is 44.1 Å². The lowest BCUT2D eigenvalue weighted by Crippen LogP contribution is -2.49. The average Bonchev–Trinajstić information content (AvgIpc) is 3.35. The molecule has 1 saturated heterocycles. The Hall–Kier alpha value is -3.11. The van der Waals surface area contributed by atoms with Gasteiger partial charge in [0.2, 0.25) is 0 Å². The zero-order chi connectivity index (χ0) is 38.8. The van der Waals surface area contributed by atoms with E-state index in [-0.39, 0.29) is 35.7 Å². The highest BCUT2D eigenvalue weighted by Gasteiger charge is 2.55. The molecule has 0 aromatic heterocycles. The molecule has 1 aliphatic heterocycles. The van der Waals surface area contributed by atoms with Crippen molar-refractivity contribution in [3.63, 3.8) is 0 Å². The largest absolute Gasteiger partial charge is 0.497 e. The van der Waals surface area contributed by atoms with E-state index in [1.165, 1.54) is 7.11 Å². The minimum atomic E-state index is -2.41. The number of Topliss-reactive ketones (excluding diaryl/α,β-unsaturated/α-hetero) is 1. The molecule has 0 amide bonds. The fourth-order valence-corrected chi connectivity index (χ4v) is 9.12. The van der Waals surface area contributed by atoms with Gasteiger partial charge in [-0.1, -0.05) is 82.2 Å². The van der Waals surface area contributed by atoms with Crippen LogP contribution >= 0.6 is 0 Å². The molecule has 0 saturated carbocycles. The summed E-state index contributed by atoms with van der Waals surface area (Å²) in [7, 11) is 0.614. The second-order valence-electron chi connectivity index (χ2n) is 16.5. The summed E-state index contributed by atoms with van der Waals surface area (Å²) in [4.78, 5) is 41.5. The second-order valence-corrected chi connectivity index (χ2v) is 21.2. The summed E-state index contributed by atoms with van der Waals surface area (Å²) >= 11 is 0. The minimum Gasteiger partial charge on any atom is -0.497 e. The van der Waals surface area contributed by atoms with Crippen LogP contribution in [0.1, 0.15) is 104 Å². The first kappa shape index (κ1) is 42.6. The molecular weight excluding hydrogens is 685 g/mol. The Labute approximate surface area is 319 Å². The summed E-state index contributed by atoms with van der Waals surface area (Å²) < 4.78 is 31.4. The maximum atomic E-state index is 14.3. The third-order valence-electron chi connectivity index (χ3n) is 12.0. The summed E-state index contributed by atoms with van der Waals surface area (Å²) in [5, 5.41) is -0.114. The van der Waals surface area contributed by atoms with Gasteiger partial charge in [0.15, 0.2) is 20.4 Å². The molecular formula is C44H64O8Si. The predicted octanol–water partition coefficient (Wildman–Crippen LogP) is 9.82. The van der Waals surface area contributed by atoms with Crippen LogP contribution in [-0.4, -0.2) is 59.4 Å². The maximum absolute atomic E-state index is 14.3. The van der Waals surface area contributed by atoms with E-state index in [1.54, 1.807) is 7.11 Å². The molecule has 7 atom stereocenters. The highest BCUT2D eigenvalue weighted by Crippen LogP contribution is 2.55. The van der Waals surface area contributed by atoms with Crippen LogP contribution in [0.2, 0.25) is 18.1 Å². The number of carbonyl (C=O) groups excluding carboxylic acids is 3. The van der Waals surface area contributed by atoms with Crippen molar-refractivity contribution in [2.75, 3.05) is 20.8 Å². The molecule has 0 radical (unpaired) electrons. The van der Waals surface area contributed by atoms with E-state index in [4.69, 9.17) is 23.4 Å². The lowest BCUT2D eigenvalue weighted by Gasteiger charge is -2.46. The van der Waals surface area contributed by atoms with E-state index in [0.717, 1.165) is 49.5 Å². The number of allylic oxidation sites excluding steroid dienone is 6. The number of hydrogen-bond acceptors (Lipinski definition) is 8. The van der Waals surface area contributed by atoms with Crippen LogP contribution < -0.4 is 4.74 Å². The number of unbranched alkanes of at least 4 members (excludes halogenated alkanes) is 3. The van der Waals surface area contributed by atoms with Crippen molar-refractivity contribution < 1.29 is 37.8 Å². The van der Waals surface area contributed by atoms with E-state index in [0.29, 0.717) is 30.6 Å². The van der Waals surface area contributed by atoms with Gasteiger partial charge in [0.25, 0.3) is 0 Å². The highest BCUT2D eigenvalue weighted by molar-refractivity contribution is 6.74. The molecule has 0 N–H and O–H groups in total. The molecule has 8 nitrogen and oxygen atoms in total. The van der Waals surface area contributed by atoms with Crippen LogP contribution in [0.3, 0.4) is 0 Å². The third-order valence-corrected chi connectivity index (χ3v) is 16.5. The molecule has 292 valence electrons. The summed E-state index contributed by atoms with van der Waals surface area (Å²) in [6, 6.07) is 7.53. The lowest BCUT2D eigenvalue weighted by molar-refractivity contribution is -0.174. The first-order valence-electron chi connectivity index (χ1n) is 19.6. The Kier molecular flexibility index (Phi) is 15.3. The summed E-state index contributed by atoms with van der Waals surface area (Å²) in [6.45, 7) is 15.1. The fourth-order valence-electron chi connectivity index (χ4n) is 7.83. The van der Waals surface area contributed by atoms with Crippen molar-refractivity contribution in [1.29, 1.82) is 0 Å². The highest BCUT2D eigenvalue weighted by atomic mass is 28.4. The van der Waals surface area contributed by atoms with Crippen LogP contribution in [0.25, 0.3) is 0 Å². The van der Waals surface area contributed by atoms with Gasteiger partial charge >= 0.3 is 5.97 Å². The first-order valence-corrected chi connectivity index (χ1v) is 22.5. The summed E-state index contributed by atoms with van der Waals surface area (Å²) in [5.41, 5.74) is 1.12. The Balaban J connectivity index is 1.88. The topological polar surface area (TPSA) is 97.4 Å². The predicted molar refractivity (Wildman–Crippen MR) is 212 cm³/mol. The molecule has 1 fully saturated rings. The summed E-state index contributed by atoms with van der Waals surface area (Å²) in [6.07, 6.45) is 18.0. The number of esters is 1. The number of benzene rings is 1. The molecule has 2 aliphatic carbocycles. The van der Waals surface area contributed by atoms with E-state index in [9.17, 15) is 14.4 Å². The van der Waals surface area contributed by atoms with Gasteiger partial charge in [-0.15, -0.1) is 0 Å². The second kappa shape index (κ2) is 19.0. The number of ether oxygens (including phenoxy) is 4. The van der Waals surface area contributed by atoms with E-state index >= 15 is 0 Å². The van der Waals surface area contributed by atoms with E-state index in [1.807, 2.05) is 56.3 Å². The van der Waals surface area contributed by atoms with Crippen LogP contribution in [0.4, 0.5) is 0 Å². The van der Waals surface area contributed by atoms with Crippen molar-refractivity contribution in [1.82, 2.24) is 0 Å². The van der Waals surface area contributed by atoms with Crippen molar-refractivity contribution in [3.05, 3.63) is 77.4 Å². The Morgan fingerprint density at radius 3 is 2.34 bits per heavy atom. The Morgan fingerprint density at radius 1 is 1.02 bits per heavy atom. The number of aldehydes is 1. The molecule has 1 aromatic rings. The number of carbonyl (C=O) groups is 3. The molecule has 1 aromatic carbocycles. The van der Waals surface area contributed by atoms with Crippen LogP contribution in [0.5, 0.6) is 5.75 Å². The van der Waals surface area contributed by atoms with Crippen LogP contribution in [-0.2, 0) is 33.0 Å². The monoisotopic (exact) mass is 748 g/mol. The first-order chi connectivity index (χ1) is 25.3. The van der Waals surface area contributed by atoms with Crippen molar-refractivity contribution in [2.45, 2.75) is 129 Å². The molecule has 9 heteroatoms. The Bertz CT molecular complexity index is 1520. The van der Waals surface area contributed by atoms with Crippen molar-refractivity contribution in [2.24, 2.45) is 23.2 Å². The van der Waals surface area contributed by atoms with Crippen molar-refractivity contribution >= 4 is 26.4 Å². The van der Waals surface area contributed by atoms with Crippen molar-refractivity contribution in [3.8, 4) is 5.75 Å². The number of methoxy groups -OCH3 is 2. The molecule has 3 aliphatic rings. The van der Waals surface area contributed by atoms with Gasteiger partial charge in [0.1, 0.15) is 18.1 Å². The number of ketones is 1. The number of rotatable bonds is 18. The molecule has 4 rings (SSSR count). The average molecular weight is 749 g/mol. The molecule has 1 heterocycles. The normalized spacial score (nSPS) is 26.7. The molecule has 1 unspecified atom stereocenters. The van der Waals surface area contributed by atoms with Gasteiger partial charge in [-0.05, 0) is 100 Å². The van der Waals surface area contributed by atoms with Gasteiger partial charge in [-0.3, -0.25) is 4.79 Å². The zero-order valence-corrected chi connectivity index (χ0v) is 34.7. The maximum Gasteiger partial charge on any atom is 0.333 e. The smallest absolute Gasteiger partial charge is 0.333 e. The minimum absolute atomic E-state index is 0.0339. The quantitative estimate of drug-likeness (QED) is 0.0481. The molecule has 0 spiro atoms. The summed E-state index contributed by atoms with van der Waals surface area (Å²) in [5.74, 6) is -0.388. The van der Waals surface area contributed by atoms with E-state index in [2.05, 4.69) is 52.1 Å². The zero-order valence-electron chi connectivity index (χ0n) is 33.7. The Morgan fingerprint density at radius 2 is 1.72 bits per heavy atom. The van der Waals surface area contributed by atoms with Gasteiger partial charge < -0.3 is 28.2 Å². The third kappa shape index (κ3) is 10.2. The molecule has 53 heavy (non-hydrogen) atoms. The molecule has 4 bridgehead atoms. The van der Waals surface area contributed by atoms with Crippen LogP contribution in [0, 0.1) is 23.2 Å². The fraction of sp³-hybridized carbons (Fsp3) is 0.614. The van der Waals surface area contributed by atoms with Gasteiger partial charge in [-0.2, -0.15) is 0 Å². The van der Waals surface area contributed by atoms with Gasteiger partial charge in [0.05, 0.1) is 32.3 Å². The number of hydrogen-bond donors (Lipinski definition) is 0. The van der Waals surface area contributed by atoms with Gasteiger partial charge in [-0.25, -0.2) is 4.79 Å². The van der Waals surface area contributed by atoms with Gasteiger partial charge in [0, 0.05) is 23.5 Å². The lowest BCUT2D eigenvalue weighted by atomic mass is 9.62. The van der Waals surface area contributed by atoms with Crippen LogP contribution in [0.15, 0.2) is 71.9 Å². The SMILES string of the molecule is C/C=C/CCCCC[C@@H]1C=C2[C@@H]3OC(c4ccc(OC)cc4)OC[C@]2(C=O)CC=C(C(=O)OC)[C@@H]3[C@H]1C[C@@H](O[Si](C)(C)C(C)(C)C)C(=O)CC/C=C/C.